The fourth-order valence-corrected chi connectivity index (χ4v) is 2.07. The van der Waals surface area contributed by atoms with Gasteiger partial charge in [-0.25, -0.2) is 0 Å². The maximum Gasteiger partial charge on any atom is 0.220 e. The van der Waals surface area contributed by atoms with Crippen molar-refractivity contribution in [2.45, 2.75) is 32.7 Å². The lowest BCUT2D eigenvalue weighted by molar-refractivity contribution is -0.121. The Labute approximate surface area is 120 Å². The molecule has 20 heavy (non-hydrogen) atoms. The summed E-state index contributed by atoms with van der Waals surface area (Å²) in [5.41, 5.74) is 3.42. The molecule has 3 nitrogen and oxygen atoms in total. The molecule has 1 amide bonds. The van der Waals surface area contributed by atoms with Crippen LogP contribution in [-0.2, 0) is 17.8 Å². The molecule has 3 heteroatoms. The molecular weight excluding hydrogens is 248 g/mol. The zero-order valence-corrected chi connectivity index (χ0v) is 11.8. The number of carbonyl (C=O) groups is 1. The first-order valence-corrected chi connectivity index (χ1v) is 6.97. The fraction of sp³-hybridized carbons (Fsp3) is 0.294. The van der Waals surface area contributed by atoms with Gasteiger partial charge in [0.25, 0.3) is 0 Å². The summed E-state index contributed by atoms with van der Waals surface area (Å²) in [4.78, 5) is 16.0. The number of benzene rings is 1. The van der Waals surface area contributed by atoms with Crippen molar-refractivity contribution < 1.29 is 4.79 Å². The van der Waals surface area contributed by atoms with Gasteiger partial charge in [-0.05, 0) is 43.0 Å². The van der Waals surface area contributed by atoms with Crippen molar-refractivity contribution in [1.82, 2.24) is 10.3 Å². The Bertz CT molecular complexity index is 552. The minimum Gasteiger partial charge on any atom is -0.352 e. The highest BCUT2D eigenvalue weighted by Crippen LogP contribution is 2.06. The lowest BCUT2D eigenvalue weighted by Gasteiger charge is -2.07. The largest absolute Gasteiger partial charge is 0.352 e. The van der Waals surface area contributed by atoms with Crippen LogP contribution in [0, 0.1) is 6.92 Å². The van der Waals surface area contributed by atoms with Crippen molar-refractivity contribution in [2.24, 2.45) is 0 Å². The van der Waals surface area contributed by atoms with Gasteiger partial charge in [0.15, 0.2) is 0 Å². The Morgan fingerprint density at radius 3 is 2.70 bits per heavy atom. The minimum atomic E-state index is 0.101. The topological polar surface area (TPSA) is 42.0 Å². The second kappa shape index (κ2) is 7.43. The zero-order valence-electron chi connectivity index (χ0n) is 11.8. The molecule has 1 aromatic heterocycles. The number of hydrogen-bond donors (Lipinski definition) is 1. The Morgan fingerprint density at radius 1 is 1.15 bits per heavy atom. The molecule has 0 unspecified atom stereocenters. The molecular formula is C17H20N2O. The van der Waals surface area contributed by atoms with Gasteiger partial charge in [-0.3, -0.25) is 9.78 Å². The van der Waals surface area contributed by atoms with E-state index in [0.717, 1.165) is 18.5 Å². The number of nitrogens with one attached hydrogen (secondary N) is 1. The first-order chi connectivity index (χ1) is 9.75. The smallest absolute Gasteiger partial charge is 0.220 e. The van der Waals surface area contributed by atoms with Gasteiger partial charge in [0.1, 0.15) is 0 Å². The van der Waals surface area contributed by atoms with E-state index < -0.39 is 0 Å². The summed E-state index contributed by atoms with van der Waals surface area (Å²) in [7, 11) is 0. The van der Waals surface area contributed by atoms with Crippen LogP contribution in [0.5, 0.6) is 0 Å². The lowest BCUT2D eigenvalue weighted by atomic mass is 10.1. The van der Waals surface area contributed by atoms with Gasteiger partial charge in [0.2, 0.25) is 5.91 Å². The monoisotopic (exact) mass is 268 g/mol. The highest BCUT2D eigenvalue weighted by Gasteiger charge is 2.03. The quantitative estimate of drug-likeness (QED) is 0.875. The Hall–Kier alpha value is -2.16. The molecule has 0 bridgehead atoms. The molecule has 0 atom stereocenters. The molecule has 0 fully saturated rings. The molecule has 1 aromatic carbocycles. The second-order valence-corrected chi connectivity index (χ2v) is 4.88. The third-order valence-corrected chi connectivity index (χ3v) is 3.30. The summed E-state index contributed by atoms with van der Waals surface area (Å²) in [6.45, 7) is 2.66. The van der Waals surface area contributed by atoms with Gasteiger partial charge in [0.05, 0.1) is 0 Å². The Kier molecular flexibility index (Phi) is 5.30. The van der Waals surface area contributed by atoms with Gasteiger partial charge >= 0.3 is 0 Å². The van der Waals surface area contributed by atoms with Gasteiger partial charge in [0, 0.05) is 24.9 Å². The summed E-state index contributed by atoms with van der Waals surface area (Å²) < 4.78 is 0. The van der Waals surface area contributed by atoms with Crippen LogP contribution in [0.3, 0.4) is 0 Å². The van der Waals surface area contributed by atoms with Gasteiger partial charge < -0.3 is 5.32 Å². The maximum atomic E-state index is 11.8. The lowest BCUT2D eigenvalue weighted by Crippen LogP contribution is -2.22. The number of aryl methyl sites for hydroxylation is 2. The third kappa shape index (κ3) is 4.50. The van der Waals surface area contributed by atoms with Gasteiger partial charge in [-0.1, -0.05) is 30.3 Å². The minimum absolute atomic E-state index is 0.101. The van der Waals surface area contributed by atoms with Crippen LogP contribution in [0.25, 0.3) is 0 Å². The number of amides is 1. The molecule has 1 N–H and O–H groups in total. The molecule has 1 heterocycles. The highest BCUT2D eigenvalue weighted by atomic mass is 16.1. The van der Waals surface area contributed by atoms with E-state index in [0.29, 0.717) is 13.0 Å². The van der Waals surface area contributed by atoms with Crippen molar-refractivity contribution in [3.63, 3.8) is 0 Å². The number of nitrogens with zero attached hydrogens (tertiary/aromatic N) is 1. The van der Waals surface area contributed by atoms with Crippen LogP contribution in [-0.4, -0.2) is 10.9 Å². The van der Waals surface area contributed by atoms with Crippen molar-refractivity contribution in [3.8, 4) is 0 Å². The summed E-state index contributed by atoms with van der Waals surface area (Å²) in [6, 6.07) is 14.0. The summed E-state index contributed by atoms with van der Waals surface area (Å²) >= 11 is 0. The van der Waals surface area contributed by atoms with E-state index in [1.54, 1.807) is 6.20 Å². The van der Waals surface area contributed by atoms with Crippen molar-refractivity contribution >= 4 is 5.91 Å². The maximum absolute atomic E-state index is 11.8. The first-order valence-electron chi connectivity index (χ1n) is 6.97. The average Bonchev–Trinajstić information content (AvgIpc) is 2.47. The van der Waals surface area contributed by atoms with E-state index in [9.17, 15) is 4.79 Å². The van der Waals surface area contributed by atoms with E-state index in [-0.39, 0.29) is 5.91 Å². The number of hydrogen-bond acceptors (Lipinski definition) is 2. The van der Waals surface area contributed by atoms with E-state index >= 15 is 0 Å². The van der Waals surface area contributed by atoms with Crippen LogP contribution in [0.2, 0.25) is 0 Å². The van der Waals surface area contributed by atoms with Gasteiger partial charge in [-0.2, -0.15) is 0 Å². The first kappa shape index (κ1) is 14.3. The van der Waals surface area contributed by atoms with Gasteiger partial charge in [-0.15, -0.1) is 0 Å². The molecule has 104 valence electrons. The summed E-state index contributed by atoms with van der Waals surface area (Å²) in [5.74, 6) is 0.101. The number of pyridine rings is 1. The Balaban J connectivity index is 1.70. The SMILES string of the molecule is Cc1ccccc1CNC(=O)CCCc1ccccn1. The molecule has 0 aliphatic carbocycles. The molecule has 0 spiro atoms. The van der Waals surface area contributed by atoms with E-state index in [2.05, 4.69) is 23.3 Å². The predicted molar refractivity (Wildman–Crippen MR) is 80.2 cm³/mol. The van der Waals surface area contributed by atoms with E-state index in [1.807, 2.05) is 36.4 Å². The third-order valence-electron chi connectivity index (χ3n) is 3.30. The fourth-order valence-electron chi connectivity index (χ4n) is 2.07. The van der Waals surface area contributed by atoms with Crippen LogP contribution in [0.1, 0.15) is 29.7 Å². The number of aromatic nitrogens is 1. The molecule has 0 aliphatic rings. The molecule has 0 aliphatic heterocycles. The van der Waals surface area contributed by atoms with Crippen molar-refractivity contribution in [3.05, 3.63) is 65.5 Å². The molecule has 0 radical (unpaired) electrons. The van der Waals surface area contributed by atoms with Crippen LogP contribution >= 0.6 is 0 Å². The van der Waals surface area contributed by atoms with E-state index in [1.165, 1.54) is 11.1 Å². The van der Waals surface area contributed by atoms with E-state index in [4.69, 9.17) is 0 Å². The standard InChI is InChI=1S/C17H20N2O/c1-14-7-2-3-8-15(14)13-19-17(20)11-6-10-16-9-4-5-12-18-16/h2-5,7-9,12H,6,10-11,13H2,1H3,(H,19,20). The van der Waals surface area contributed by atoms with Crippen LogP contribution in [0.15, 0.2) is 48.7 Å². The average molecular weight is 268 g/mol. The molecule has 2 aromatic rings. The normalized spacial score (nSPS) is 10.2. The Morgan fingerprint density at radius 2 is 1.95 bits per heavy atom. The summed E-state index contributed by atoms with van der Waals surface area (Å²) in [6.07, 6.45) is 4.01. The summed E-state index contributed by atoms with van der Waals surface area (Å²) in [5, 5.41) is 2.97. The van der Waals surface area contributed by atoms with Crippen LogP contribution < -0.4 is 5.32 Å². The van der Waals surface area contributed by atoms with Crippen molar-refractivity contribution in [1.29, 1.82) is 0 Å². The molecule has 0 saturated heterocycles. The molecule has 0 saturated carbocycles. The second-order valence-electron chi connectivity index (χ2n) is 4.88. The molecule has 2 rings (SSSR count). The number of rotatable bonds is 6. The van der Waals surface area contributed by atoms with Crippen LogP contribution in [0.4, 0.5) is 0 Å². The number of carbonyl (C=O) groups excluding carboxylic acids is 1. The van der Waals surface area contributed by atoms with Crippen molar-refractivity contribution in [2.75, 3.05) is 0 Å². The predicted octanol–water partition coefficient (Wildman–Crippen LogP) is 3.03. The highest BCUT2D eigenvalue weighted by molar-refractivity contribution is 5.75. The zero-order chi connectivity index (χ0) is 14.2.